The molecule has 1 aromatic heterocycles. The number of pyridine rings is 1. The third-order valence-corrected chi connectivity index (χ3v) is 3.91. The Balaban J connectivity index is 0.000000189. The Morgan fingerprint density at radius 2 is 1.70 bits per heavy atom. The molecule has 1 aliphatic heterocycles. The average molecular weight is 532 g/mol. The number of hydrogen-bond acceptors (Lipinski definition) is 3. The Labute approximate surface area is 175 Å². The molecule has 0 N–H and O–H groups in total. The number of hydrogen-bond donors (Lipinski definition) is 0. The summed E-state index contributed by atoms with van der Waals surface area (Å²) in [6, 6.07) is 26.8. The molecule has 139 valence electrons. The van der Waals surface area contributed by atoms with Crippen molar-refractivity contribution in [1.82, 2.24) is 14.8 Å². The first-order valence-corrected chi connectivity index (χ1v) is 8.45. The summed E-state index contributed by atoms with van der Waals surface area (Å²) in [7, 11) is 2.02. The second-order valence-corrected chi connectivity index (χ2v) is 5.91. The predicted octanol–water partition coefficient (Wildman–Crippen LogP) is 4.68. The third kappa shape index (κ3) is 5.92. The first-order chi connectivity index (χ1) is 12.7. The topological polar surface area (TPSA) is 19.4 Å². The molecule has 2 aromatic carbocycles. The molecule has 0 saturated carbocycles. The largest absolute Gasteiger partial charge is 0.363 e. The van der Waals surface area contributed by atoms with Crippen LogP contribution in [0.4, 0.5) is 0 Å². The molecule has 0 spiro atoms. The van der Waals surface area contributed by atoms with Crippen LogP contribution in [0.15, 0.2) is 91.4 Å². The molecule has 2 heterocycles. The summed E-state index contributed by atoms with van der Waals surface area (Å²) in [5.41, 5.74) is 3.87. The van der Waals surface area contributed by atoms with Crippen molar-refractivity contribution >= 4 is 5.70 Å². The predicted molar refractivity (Wildman–Crippen MR) is 106 cm³/mol. The fourth-order valence-corrected chi connectivity index (χ4v) is 2.53. The van der Waals surface area contributed by atoms with Crippen LogP contribution in [0.5, 0.6) is 0 Å². The van der Waals surface area contributed by atoms with Crippen molar-refractivity contribution in [2.75, 3.05) is 13.7 Å². The van der Waals surface area contributed by atoms with Crippen molar-refractivity contribution in [2.45, 2.75) is 0 Å². The molecule has 27 heavy (non-hydrogen) atoms. The molecule has 0 amide bonds. The van der Waals surface area contributed by atoms with E-state index in [0.717, 1.165) is 29.2 Å². The van der Waals surface area contributed by atoms with Gasteiger partial charge in [-0.2, -0.15) is 5.56 Å². The number of nitrogens with zero attached hydrogens (tertiary/aromatic N) is 3. The number of benzene rings is 2. The molecule has 4 heteroatoms. The van der Waals surface area contributed by atoms with Crippen LogP contribution in [0.3, 0.4) is 0 Å². The molecule has 3 nitrogen and oxygen atoms in total. The van der Waals surface area contributed by atoms with Gasteiger partial charge in [0.25, 0.3) is 0 Å². The second kappa shape index (κ2) is 10.5. The van der Waals surface area contributed by atoms with E-state index in [1.165, 1.54) is 0 Å². The second-order valence-electron chi connectivity index (χ2n) is 5.91. The molecule has 0 unspecified atom stereocenters. The van der Waals surface area contributed by atoms with Gasteiger partial charge >= 0.3 is 0 Å². The minimum atomic E-state index is 0. The fourth-order valence-electron chi connectivity index (χ4n) is 2.53. The number of aromatic nitrogens is 1. The fraction of sp³-hybridized carbons (Fsp3) is 0.0870. The van der Waals surface area contributed by atoms with Crippen LogP contribution in [0, 0.1) is 12.6 Å². The van der Waals surface area contributed by atoms with Crippen molar-refractivity contribution in [3.05, 3.63) is 110 Å². The molecule has 0 atom stereocenters. The van der Waals surface area contributed by atoms with Gasteiger partial charge in [-0.3, -0.25) is 6.58 Å². The zero-order valence-corrected chi connectivity index (χ0v) is 17.5. The van der Waals surface area contributed by atoms with E-state index in [4.69, 9.17) is 6.58 Å². The minimum absolute atomic E-state index is 0. The summed E-state index contributed by atoms with van der Waals surface area (Å²) in [6.45, 7) is 6.85. The van der Waals surface area contributed by atoms with Crippen LogP contribution in [0.25, 0.3) is 17.0 Å². The zero-order chi connectivity index (χ0) is 18.2. The molecule has 1 radical (unpaired) electrons. The smallest absolute Gasteiger partial charge is 0.0906 e. The van der Waals surface area contributed by atoms with Crippen molar-refractivity contribution in [1.29, 1.82) is 0 Å². The average Bonchev–Trinajstić information content (AvgIpc) is 3.16. The van der Waals surface area contributed by atoms with Gasteiger partial charge in [0.15, 0.2) is 0 Å². The molecule has 4 rings (SSSR count). The molecule has 0 saturated heterocycles. The molecular formula is C23H21IrN3-2. The van der Waals surface area contributed by atoms with Gasteiger partial charge < -0.3 is 14.8 Å². The summed E-state index contributed by atoms with van der Waals surface area (Å²) in [5.74, 6) is 0. The van der Waals surface area contributed by atoms with Crippen molar-refractivity contribution in [3.63, 3.8) is 0 Å². The maximum Gasteiger partial charge on any atom is 0.0906 e. The summed E-state index contributed by atoms with van der Waals surface area (Å²) >= 11 is 0. The van der Waals surface area contributed by atoms with Crippen LogP contribution in [-0.4, -0.2) is 28.5 Å². The van der Waals surface area contributed by atoms with E-state index < -0.39 is 0 Å². The van der Waals surface area contributed by atoms with E-state index >= 15 is 0 Å². The van der Waals surface area contributed by atoms with E-state index in [-0.39, 0.29) is 20.1 Å². The van der Waals surface area contributed by atoms with Gasteiger partial charge in [-0.1, -0.05) is 30.3 Å². The van der Waals surface area contributed by atoms with Gasteiger partial charge in [-0.25, -0.2) is 0 Å². The van der Waals surface area contributed by atoms with E-state index in [1.54, 1.807) is 6.20 Å². The van der Waals surface area contributed by atoms with Gasteiger partial charge in [0, 0.05) is 45.7 Å². The molecule has 0 bridgehead atoms. The Bertz CT molecular complexity index is 811. The molecule has 0 aliphatic carbocycles. The summed E-state index contributed by atoms with van der Waals surface area (Å²) in [5, 5.41) is 0. The van der Waals surface area contributed by atoms with Crippen LogP contribution < -0.4 is 0 Å². The van der Waals surface area contributed by atoms with Crippen LogP contribution in [0.2, 0.25) is 0 Å². The quantitative estimate of drug-likeness (QED) is 0.458. The van der Waals surface area contributed by atoms with Gasteiger partial charge in [0.05, 0.1) is 6.67 Å². The van der Waals surface area contributed by atoms with E-state index in [0.29, 0.717) is 0 Å². The van der Waals surface area contributed by atoms with Crippen molar-refractivity contribution in [2.24, 2.45) is 0 Å². The van der Waals surface area contributed by atoms with Crippen molar-refractivity contribution in [3.8, 4) is 11.3 Å². The van der Waals surface area contributed by atoms with E-state index in [2.05, 4.69) is 16.0 Å². The molecular weight excluding hydrogens is 510 g/mol. The Morgan fingerprint density at radius 3 is 2.30 bits per heavy atom. The molecule has 1 aliphatic rings. The van der Waals surface area contributed by atoms with Crippen molar-refractivity contribution < 1.29 is 20.1 Å². The summed E-state index contributed by atoms with van der Waals surface area (Å²) in [4.78, 5) is 8.32. The Kier molecular flexibility index (Phi) is 7.99. The Hall–Kier alpha value is -2.68. The van der Waals surface area contributed by atoms with Gasteiger partial charge in [-0.05, 0) is 11.8 Å². The first-order valence-electron chi connectivity index (χ1n) is 8.45. The molecule has 3 aromatic rings. The normalized spacial score (nSPS) is 12.0. The van der Waals surface area contributed by atoms with Gasteiger partial charge in [0.1, 0.15) is 0 Å². The molecule has 0 fully saturated rings. The third-order valence-electron chi connectivity index (χ3n) is 3.91. The van der Waals surface area contributed by atoms with Gasteiger partial charge in [0.2, 0.25) is 0 Å². The maximum absolute atomic E-state index is 6.03. The van der Waals surface area contributed by atoms with Gasteiger partial charge in [-0.15, -0.1) is 53.7 Å². The first kappa shape index (κ1) is 20.6. The standard InChI is InChI=1S/C12H13N2.C11H8N.Ir/c1-11(12-6-4-3-5-7-12)14-9-8-13(2)10-14;1-2-6-10(7-3-1)11-8-4-5-9-12-11;/h1,3-9H,10H2,2H3;1-6,8-9H;/q2*-1;. The van der Waals surface area contributed by atoms with E-state index in [9.17, 15) is 0 Å². The van der Waals surface area contributed by atoms with Crippen LogP contribution in [0.1, 0.15) is 5.56 Å². The summed E-state index contributed by atoms with van der Waals surface area (Å²) < 4.78 is 0. The number of rotatable bonds is 3. The summed E-state index contributed by atoms with van der Waals surface area (Å²) in [6.07, 6.45) is 5.79. The Morgan fingerprint density at radius 1 is 0.963 bits per heavy atom. The van der Waals surface area contributed by atoms with Crippen LogP contribution in [-0.2, 0) is 20.1 Å². The zero-order valence-electron chi connectivity index (χ0n) is 15.1. The SMILES string of the molecule is [CH-]=C(c1ccccc1)N1C=CN(C)C1.[Ir].[c-]1ccccc1-c1ccccn1. The minimum Gasteiger partial charge on any atom is -0.363 e. The van der Waals surface area contributed by atoms with E-state index in [1.807, 2.05) is 97.1 Å². The maximum atomic E-state index is 6.03. The van der Waals surface area contributed by atoms with Crippen LogP contribution >= 0.6 is 0 Å². The monoisotopic (exact) mass is 532 g/mol.